The summed E-state index contributed by atoms with van der Waals surface area (Å²) in [5, 5.41) is 13.2. The molecule has 4 heteroatoms. The van der Waals surface area contributed by atoms with Crippen molar-refractivity contribution in [3.63, 3.8) is 0 Å². The van der Waals surface area contributed by atoms with Gasteiger partial charge in [0.15, 0.2) is 0 Å². The average Bonchev–Trinajstić information content (AvgIpc) is 2.44. The quantitative estimate of drug-likeness (QED) is 0.762. The van der Waals surface area contributed by atoms with Crippen molar-refractivity contribution in [2.24, 2.45) is 0 Å². The van der Waals surface area contributed by atoms with E-state index in [0.717, 1.165) is 12.8 Å². The molecule has 1 unspecified atom stereocenters. The van der Waals surface area contributed by atoms with Gasteiger partial charge in [-0.2, -0.15) is 0 Å². The molecule has 0 bridgehead atoms. The molecule has 0 spiro atoms. The predicted molar refractivity (Wildman–Crippen MR) is 74.9 cm³/mol. The van der Waals surface area contributed by atoms with Crippen molar-refractivity contribution >= 4 is 0 Å². The molecule has 1 atom stereocenters. The lowest BCUT2D eigenvalue weighted by Gasteiger charge is -2.29. The summed E-state index contributed by atoms with van der Waals surface area (Å²) in [5.41, 5.74) is 0.0524. The van der Waals surface area contributed by atoms with Crippen LogP contribution in [-0.2, 0) is 0 Å². The Bertz CT molecular complexity index is 363. The largest absolute Gasteiger partial charge is 0.491 e. The van der Waals surface area contributed by atoms with Crippen LogP contribution in [0.25, 0.3) is 0 Å². The topological polar surface area (TPSA) is 41.5 Å². The molecule has 0 saturated heterocycles. The zero-order chi connectivity index (χ0) is 14.3. The van der Waals surface area contributed by atoms with Crippen molar-refractivity contribution in [3.05, 3.63) is 30.1 Å². The first-order chi connectivity index (χ1) is 8.99. The maximum atomic E-state index is 12.7. The van der Waals surface area contributed by atoms with Crippen LogP contribution in [0.4, 0.5) is 4.39 Å². The van der Waals surface area contributed by atoms with Gasteiger partial charge < -0.3 is 15.2 Å². The van der Waals surface area contributed by atoms with E-state index in [0.29, 0.717) is 12.3 Å². The lowest BCUT2D eigenvalue weighted by Crippen LogP contribution is -2.46. The lowest BCUT2D eigenvalue weighted by atomic mass is 9.95. The second kappa shape index (κ2) is 7.46. The summed E-state index contributed by atoms with van der Waals surface area (Å²) in [6, 6.07) is 5.78. The molecule has 0 aromatic heterocycles. The number of benzene rings is 1. The van der Waals surface area contributed by atoms with Crippen molar-refractivity contribution in [2.45, 2.75) is 45.3 Å². The number of hydrogen-bond donors (Lipinski definition) is 2. The van der Waals surface area contributed by atoms with Crippen LogP contribution < -0.4 is 10.1 Å². The van der Waals surface area contributed by atoms with Crippen molar-refractivity contribution in [2.75, 3.05) is 13.2 Å². The van der Waals surface area contributed by atoms with Crippen molar-refractivity contribution in [3.8, 4) is 5.75 Å². The minimum atomic E-state index is -0.581. The summed E-state index contributed by atoms with van der Waals surface area (Å²) < 4.78 is 18.1. The Labute approximate surface area is 114 Å². The third kappa shape index (κ3) is 5.57. The molecule has 0 amide bonds. The number of ether oxygens (including phenoxy) is 1. The molecule has 3 nitrogen and oxygen atoms in total. The minimum Gasteiger partial charge on any atom is -0.491 e. The summed E-state index contributed by atoms with van der Waals surface area (Å²) in [5.74, 6) is 0.269. The van der Waals surface area contributed by atoms with Crippen LogP contribution in [0.1, 0.15) is 33.6 Å². The molecular weight excluding hydrogens is 245 g/mol. The third-order valence-electron chi connectivity index (χ3n) is 3.58. The molecule has 0 aliphatic carbocycles. The summed E-state index contributed by atoms with van der Waals surface area (Å²) in [6.07, 6.45) is 1.44. The van der Waals surface area contributed by atoms with Gasteiger partial charge in [-0.1, -0.05) is 13.8 Å². The molecule has 0 saturated carbocycles. The molecule has 0 aliphatic heterocycles. The van der Waals surface area contributed by atoms with Crippen LogP contribution in [0.15, 0.2) is 24.3 Å². The maximum absolute atomic E-state index is 12.7. The molecule has 1 aromatic carbocycles. The Morgan fingerprint density at radius 2 is 1.84 bits per heavy atom. The molecule has 0 radical (unpaired) electrons. The normalized spacial score (nSPS) is 13.3. The Hall–Kier alpha value is -1.13. The molecule has 1 rings (SSSR count). The van der Waals surface area contributed by atoms with Crippen molar-refractivity contribution < 1.29 is 14.2 Å². The zero-order valence-corrected chi connectivity index (χ0v) is 11.9. The van der Waals surface area contributed by atoms with Crippen molar-refractivity contribution in [1.29, 1.82) is 0 Å². The van der Waals surface area contributed by atoms with Gasteiger partial charge in [0.2, 0.25) is 0 Å². The summed E-state index contributed by atoms with van der Waals surface area (Å²) in [4.78, 5) is 0. The number of halogens is 1. The first kappa shape index (κ1) is 15.9. The fraction of sp³-hybridized carbons (Fsp3) is 0.600. The van der Waals surface area contributed by atoms with Crippen LogP contribution in [0, 0.1) is 5.82 Å². The molecule has 108 valence electrons. The van der Waals surface area contributed by atoms with Gasteiger partial charge in [-0.05, 0) is 44.0 Å². The minimum absolute atomic E-state index is 0.0524. The van der Waals surface area contributed by atoms with E-state index in [1.165, 1.54) is 12.1 Å². The molecule has 1 aromatic rings. The Balaban J connectivity index is 2.31. The SMILES string of the molecule is CCC(C)(CC)NCC(O)COc1ccc(F)cc1. The van der Waals surface area contributed by atoms with Gasteiger partial charge >= 0.3 is 0 Å². The van der Waals surface area contributed by atoms with E-state index in [1.54, 1.807) is 12.1 Å². The standard InChI is InChI=1S/C15H24FNO2/c1-4-15(3,5-2)17-10-13(18)11-19-14-8-6-12(16)7-9-14/h6-9,13,17-18H,4-5,10-11H2,1-3H3. The van der Waals surface area contributed by atoms with Crippen LogP contribution in [0.2, 0.25) is 0 Å². The fourth-order valence-corrected chi connectivity index (χ4v) is 1.65. The maximum Gasteiger partial charge on any atom is 0.123 e. The third-order valence-corrected chi connectivity index (χ3v) is 3.58. The van der Waals surface area contributed by atoms with Gasteiger partial charge in [0, 0.05) is 12.1 Å². The number of rotatable bonds is 8. The van der Waals surface area contributed by atoms with E-state index in [2.05, 4.69) is 26.1 Å². The summed E-state index contributed by atoms with van der Waals surface area (Å²) in [6.45, 7) is 7.07. The number of aliphatic hydroxyl groups excluding tert-OH is 1. The highest BCUT2D eigenvalue weighted by Crippen LogP contribution is 2.14. The highest BCUT2D eigenvalue weighted by Gasteiger charge is 2.19. The van der Waals surface area contributed by atoms with Gasteiger partial charge in [-0.25, -0.2) is 4.39 Å². The smallest absolute Gasteiger partial charge is 0.123 e. The van der Waals surface area contributed by atoms with E-state index in [9.17, 15) is 9.50 Å². The first-order valence-electron chi connectivity index (χ1n) is 6.80. The van der Waals surface area contributed by atoms with Gasteiger partial charge in [-0.3, -0.25) is 0 Å². The van der Waals surface area contributed by atoms with Crippen molar-refractivity contribution in [1.82, 2.24) is 5.32 Å². The van der Waals surface area contributed by atoms with E-state index >= 15 is 0 Å². The van der Waals surface area contributed by atoms with Gasteiger partial charge in [0.25, 0.3) is 0 Å². The zero-order valence-electron chi connectivity index (χ0n) is 11.9. The van der Waals surface area contributed by atoms with Crippen LogP contribution in [0.3, 0.4) is 0 Å². The summed E-state index contributed by atoms with van der Waals surface area (Å²) in [7, 11) is 0. The Kier molecular flexibility index (Phi) is 6.25. The summed E-state index contributed by atoms with van der Waals surface area (Å²) >= 11 is 0. The first-order valence-corrected chi connectivity index (χ1v) is 6.80. The lowest BCUT2D eigenvalue weighted by molar-refractivity contribution is 0.0966. The second-order valence-electron chi connectivity index (χ2n) is 5.07. The number of hydrogen-bond acceptors (Lipinski definition) is 3. The number of β-amino-alcohol motifs (C(OH)–C–C–N with tert-alkyl or cyclic N) is 1. The monoisotopic (exact) mass is 269 g/mol. The molecule has 19 heavy (non-hydrogen) atoms. The molecular formula is C15H24FNO2. The highest BCUT2D eigenvalue weighted by molar-refractivity contribution is 5.22. The van der Waals surface area contributed by atoms with Crippen LogP contribution in [0.5, 0.6) is 5.75 Å². The van der Waals surface area contributed by atoms with E-state index in [-0.39, 0.29) is 18.0 Å². The molecule has 2 N–H and O–H groups in total. The second-order valence-corrected chi connectivity index (χ2v) is 5.07. The van der Waals surface area contributed by atoms with Crippen LogP contribution >= 0.6 is 0 Å². The number of nitrogens with one attached hydrogen (secondary N) is 1. The van der Waals surface area contributed by atoms with Gasteiger partial charge in [0.05, 0.1) is 0 Å². The van der Waals surface area contributed by atoms with Crippen LogP contribution in [-0.4, -0.2) is 29.9 Å². The van der Waals surface area contributed by atoms with E-state index < -0.39 is 6.10 Å². The van der Waals surface area contributed by atoms with Gasteiger partial charge in [-0.15, -0.1) is 0 Å². The average molecular weight is 269 g/mol. The van der Waals surface area contributed by atoms with Gasteiger partial charge in [0.1, 0.15) is 24.3 Å². The Morgan fingerprint density at radius 1 is 1.26 bits per heavy atom. The van der Waals surface area contributed by atoms with E-state index in [4.69, 9.17) is 4.74 Å². The highest BCUT2D eigenvalue weighted by atomic mass is 19.1. The predicted octanol–water partition coefficient (Wildman–Crippen LogP) is 2.73. The molecule has 0 fully saturated rings. The molecule has 0 aliphatic rings. The molecule has 0 heterocycles. The number of aliphatic hydroxyl groups is 1. The Morgan fingerprint density at radius 3 is 2.37 bits per heavy atom. The fourth-order valence-electron chi connectivity index (χ4n) is 1.65. The van der Waals surface area contributed by atoms with E-state index in [1.807, 2.05) is 0 Å².